The van der Waals surface area contributed by atoms with Gasteiger partial charge in [-0.1, -0.05) is 24.3 Å². The summed E-state index contributed by atoms with van der Waals surface area (Å²) in [5, 5.41) is 0. The molecular formula is C19H20FNO3. The highest BCUT2D eigenvalue weighted by Gasteiger charge is 2.27. The zero-order chi connectivity index (χ0) is 16.9. The number of halogens is 1. The normalized spacial score (nSPS) is 17.6. The molecule has 3 rings (SSSR count). The Kier molecular flexibility index (Phi) is 5.11. The summed E-state index contributed by atoms with van der Waals surface area (Å²) in [7, 11) is 0. The number of hydrogen-bond acceptors (Lipinski definition) is 3. The van der Waals surface area contributed by atoms with Gasteiger partial charge in [-0.15, -0.1) is 0 Å². The van der Waals surface area contributed by atoms with Crippen molar-refractivity contribution in [2.24, 2.45) is 0 Å². The number of para-hydroxylation sites is 1. The smallest absolute Gasteiger partial charge is 0.257 e. The van der Waals surface area contributed by atoms with Gasteiger partial charge >= 0.3 is 0 Å². The Bertz CT molecular complexity index is 702. The van der Waals surface area contributed by atoms with Crippen molar-refractivity contribution in [3.05, 3.63) is 65.5 Å². The van der Waals surface area contributed by atoms with Gasteiger partial charge in [0.2, 0.25) is 0 Å². The van der Waals surface area contributed by atoms with Crippen molar-refractivity contribution in [1.29, 1.82) is 0 Å². The number of ether oxygens (including phenoxy) is 2. The van der Waals surface area contributed by atoms with Gasteiger partial charge in [0.15, 0.2) is 0 Å². The van der Waals surface area contributed by atoms with Gasteiger partial charge in [-0.3, -0.25) is 4.79 Å². The SMILES string of the molecule is CCOc1ccccc1C(=O)N1CCOC(c2ccc(F)cc2)C1. The number of hydrogen-bond donors (Lipinski definition) is 0. The average molecular weight is 329 g/mol. The van der Waals surface area contributed by atoms with Crippen molar-refractivity contribution < 1.29 is 18.7 Å². The predicted molar refractivity (Wildman–Crippen MR) is 88.6 cm³/mol. The zero-order valence-electron chi connectivity index (χ0n) is 13.6. The third kappa shape index (κ3) is 3.57. The first kappa shape index (κ1) is 16.5. The number of morpholine rings is 1. The van der Waals surface area contributed by atoms with Crippen molar-refractivity contribution in [3.8, 4) is 5.75 Å². The van der Waals surface area contributed by atoms with Crippen LogP contribution in [-0.2, 0) is 4.74 Å². The van der Waals surface area contributed by atoms with Gasteiger partial charge in [-0.2, -0.15) is 0 Å². The van der Waals surface area contributed by atoms with Crippen LogP contribution < -0.4 is 4.74 Å². The molecule has 1 unspecified atom stereocenters. The second-order valence-corrected chi connectivity index (χ2v) is 5.59. The Balaban J connectivity index is 1.77. The van der Waals surface area contributed by atoms with E-state index < -0.39 is 0 Å². The minimum atomic E-state index is -0.284. The lowest BCUT2D eigenvalue weighted by Gasteiger charge is -2.33. The standard InChI is InChI=1S/C19H20FNO3/c1-2-23-17-6-4-3-5-16(17)19(22)21-11-12-24-18(13-21)14-7-9-15(20)10-8-14/h3-10,18H,2,11-13H2,1H3. The Morgan fingerprint density at radius 1 is 1.25 bits per heavy atom. The predicted octanol–water partition coefficient (Wildman–Crippen LogP) is 3.44. The third-order valence-electron chi connectivity index (χ3n) is 4.01. The minimum absolute atomic E-state index is 0.0746. The van der Waals surface area contributed by atoms with Crippen molar-refractivity contribution in [2.75, 3.05) is 26.3 Å². The van der Waals surface area contributed by atoms with Gasteiger partial charge in [0.05, 0.1) is 25.3 Å². The Labute approximate surface area is 140 Å². The fourth-order valence-corrected chi connectivity index (χ4v) is 2.81. The van der Waals surface area contributed by atoms with Crippen LogP contribution in [0.1, 0.15) is 28.9 Å². The van der Waals surface area contributed by atoms with E-state index in [1.807, 2.05) is 19.1 Å². The molecule has 24 heavy (non-hydrogen) atoms. The molecule has 0 aromatic heterocycles. The van der Waals surface area contributed by atoms with E-state index in [4.69, 9.17) is 9.47 Å². The molecule has 4 nitrogen and oxygen atoms in total. The number of carbonyl (C=O) groups excluding carboxylic acids is 1. The lowest BCUT2D eigenvalue weighted by molar-refractivity contribution is -0.0229. The first-order chi connectivity index (χ1) is 11.7. The number of carbonyl (C=O) groups is 1. The minimum Gasteiger partial charge on any atom is -0.493 e. The number of nitrogens with zero attached hydrogens (tertiary/aromatic N) is 1. The molecule has 2 aromatic rings. The Morgan fingerprint density at radius 3 is 2.75 bits per heavy atom. The summed E-state index contributed by atoms with van der Waals surface area (Å²) < 4.78 is 24.4. The highest BCUT2D eigenvalue weighted by molar-refractivity contribution is 5.97. The van der Waals surface area contributed by atoms with E-state index >= 15 is 0 Å². The maximum atomic E-state index is 13.1. The highest BCUT2D eigenvalue weighted by atomic mass is 19.1. The fraction of sp³-hybridized carbons (Fsp3) is 0.316. The van der Waals surface area contributed by atoms with Gasteiger partial charge in [-0.25, -0.2) is 4.39 Å². The maximum Gasteiger partial charge on any atom is 0.257 e. The van der Waals surface area contributed by atoms with Gasteiger partial charge in [0.25, 0.3) is 5.91 Å². The monoisotopic (exact) mass is 329 g/mol. The highest BCUT2D eigenvalue weighted by Crippen LogP contribution is 2.26. The van der Waals surface area contributed by atoms with Gasteiger partial charge in [0, 0.05) is 6.54 Å². The molecule has 2 aromatic carbocycles. The molecule has 0 radical (unpaired) electrons. The molecule has 1 aliphatic rings. The summed E-state index contributed by atoms with van der Waals surface area (Å²) in [4.78, 5) is 14.6. The van der Waals surface area contributed by atoms with E-state index in [-0.39, 0.29) is 17.8 Å². The quantitative estimate of drug-likeness (QED) is 0.862. The summed E-state index contributed by atoms with van der Waals surface area (Å²) in [6.45, 7) is 3.80. The molecule has 0 aliphatic carbocycles. The summed E-state index contributed by atoms with van der Waals surface area (Å²) >= 11 is 0. The van der Waals surface area contributed by atoms with Crippen LogP contribution >= 0.6 is 0 Å². The van der Waals surface area contributed by atoms with Gasteiger partial charge in [0.1, 0.15) is 17.7 Å². The molecule has 0 spiro atoms. The van der Waals surface area contributed by atoms with E-state index in [2.05, 4.69) is 0 Å². The van der Waals surface area contributed by atoms with Crippen LogP contribution in [0.3, 0.4) is 0 Å². The number of rotatable bonds is 4. The zero-order valence-corrected chi connectivity index (χ0v) is 13.6. The lowest BCUT2D eigenvalue weighted by Crippen LogP contribution is -2.42. The molecule has 1 atom stereocenters. The van der Waals surface area contributed by atoms with Gasteiger partial charge in [-0.05, 0) is 36.8 Å². The molecule has 1 fully saturated rings. The van der Waals surface area contributed by atoms with Crippen LogP contribution in [0.15, 0.2) is 48.5 Å². The first-order valence-corrected chi connectivity index (χ1v) is 8.07. The van der Waals surface area contributed by atoms with E-state index in [1.54, 1.807) is 29.2 Å². The lowest BCUT2D eigenvalue weighted by atomic mass is 10.1. The molecule has 1 amide bonds. The topological polar surface area (TPSA) is 38.8 Å². The Morgan fingerprint density at radius 2 is 2.00 bits per heavy atom. The first-order valence-electron chi connectivity index (χ1n) is 8.07. The largest absolute Gasteiger partial charge is 0.493 e. The van der Waals surface area contributed by atoms with Crippen LogP contribution in [0.4, 0.5) is 4.39 Å². The molecule has 0 saturated carbocycles. The van der Waals surface area contributed by atoms with Crippen LogP contribution in [0.5, 0.6) is 5.75 Å². The summed E-state index contributed by atoms with van der Waals surface area (Å²) in [6, 6.07) is 13.5. The van der Waals surface area contributed by atoms with Crippen LogP contribution in [0.2, 0.25) is 0 Å². The molecule has 5 heteroatoms. The second-order valence-electron chi connectivity index (χ2n) is 5.59. The summed E-state index contributed by atoms with van der Waals surface area (Å²) in [5.74, 6) is 0.234. The van der Waals surface area contributed by atoms with E-state index in [0.29, 0.717) is 37.6 Å². The van der Waals surface area contributed by atoms with Crippen LogP contribution in [0.25, 0.3) is 0 Å². The van der Waals surface area contributed by atoms with Gasteiger partial charge < -0.3 is 14.4 Å². The molecule has 0 N–H and O–H groups in total. The third-order valence-corrected chi connectivity index (χ3v) is 4.01. The average Bonchev–Trinajstić information content (AvgIpc) is 2.63. The van der Waals surface area contributed by atoms with Crippen LogP contribution in [-0.4, -0.2) is 37.1 Å². The fourth-order valence-electron chi connectivity index (χ4n) is 2.81. The van der Waals surface area contributed by atoms with Crippen LogP contribution in [0, 0.1) is 5.82 Å². The van der Waals surface area contributed by atoms with E-state index in [0.717, 1.165) is 5.56 Å². The number of amides is 1. The number of benzene rings is 2. The molecule has 126 valence electrons. The summed E-state index contributed by atoms with van der Waals surface area (Å²) in [6.07, 6.45) is -0.248. The molecule has 0 bridgehead atoms. The van der Waals surface area contributed by atoms with E-state index in [9.17, 15) is 9.18 Å². The molecule has 1 heterocycles. The van der Waals surface area contributed by atoms with Crippen molar-refractivity contribution in [1.82, 2.24) is 4.90 Å². The summed E-state index contributed by atoms with van der Waals surface area (Å²) in [5.41, 5.74) is 1.42. The van der Waals surface area contributed by atoms with Crippen molar-refractivity contribution >= 4 is 5.91 Å². The molecule has 1 aliphatic heterocycles. The van der Waals surface area contributed by atoms with Crippen molar-refractivity contribution in [3.63, 3.8) is 0 Å². The second kappa shape index (κ2) is 7.45. The maximum absolute atomic E-state index is 13.1. The van der Waals surface area contributed by atoms with E-state index in [1.165, 1.54) is 12.1 Å². The molecule has 1 saturated heterocycles. The Hall–Kier alpha value is -2.40. The van der Waals surface area contributed by atoms with Crippen molar-refractivity contribution in [2.45, 2.75) is 13.0 Å². The molecular weight excluding hydrogens is 309 g/mol.